The van der Waals surface area contributed by atoms with Crippen molar-refractivity contribution < 1.29 is 13.2 Å². The summed E-state index contributed by atoms with van der Waals surface area (Å²) in [7, 11) is -3.68. The third kappa shape index (κ3) is 4.98. The lowest BCUT2D eigenvalue weighted by Gasteiger charge is -2.11. The number of hydrogen-bond donors (Lipinski definition) is 3. The first-order chi connectivity index (χ1) is 8.84. The molecule has 0 spiro atoms. The lowest BCUT2D eigenvalue weighted by Crippen LogP contribution is -2.40. The van der Waals surface area contributed by atoms with Crippen LogP contribution in [-0.4, -0.2) is 20.4 Å². The van der Waals surface area contributed by atoms with Crippen molar-refractivity contribution in [1.29, 1.82) is 0 Å². The van der Waals surface area contributed by atoms with Gasteiger partial charge in [-0.15, -0.1) is 0 Å². The largest absolute Gasteiger partial charge is 0.351 e. The average molecular weight is 285 g/mol. The highest BCUT2D eigenvalue weighted by Gasteiger charge is 2.12. The Labute approximate surface area is 113 Å². The molecule has 0 aliphatic heterocycles. The Balaban J connectivity index is 2.58. The summed E-state index contributed by atoms with van der Waals surface area (Å²) in [4.78, 5) is 11.6. The van der Waals surface area contributed by atoms with E-state index in [9.17, 15) is 13.2 Å². The van der Waals surface area contributed by atoms with Gasteiger partial charge in [-0.3, -0.25) is 4.79 Å². The van der Waals surface area contributed by atoms with Crippen LogP contribution in [0.5, 0.6) is 0 Å². The van der Waals surface area contributed by atoms with Crippen molar-refractivity contribution in [2.75, 3.05) is 0 Å². The number of nitrogens with two attached hydrogens (primary N) is 2. The van der Waals surface area contributed by atoms with Crippen LogP contribution in [0, 0.1) is 0 Å². The molecule has 0 radical (unpaired) electrons. The van der Waals surface area contributed by atoms with Gasteiger partial charge in [0.1, 0.15) is 0 Å². The molecular formula is C12H19N3O3S. The number of primary sulfonamides is 1. The summed E-state index contributed by atoms with van der Waals surface area (Å²) in [5.41, 5.74) is 6.45. The minimum atomic E-state index is -3.68. The summed E-state index contributed by atoms with van der Waals surface area (Å²) in [5.74, 6) is -0.211. The molecule has 6 nitrogen and oxygen atoms in total. The topological polar surface area (TPSA) is 115 Å². The molecule has 0 unspecified atom stereocenters. The average Bonchev–Trinajstić information content (AvgIpc) is 2.35. The maximum absolute atomic E-state index is 11.6. The minimum Gasteiger partial charge on any atom is -0.351 e. The number of carbonyl (C=O) groups excluding carboxylic acids is 1. The Kier molecular flexibility index (Phi) is 5.46. The Bertz CT molecular complexity index is 526. The Morgan fingerprint density at radius 2 is 1.89 bits per heavy atom. The van der Waals surface area contributed by atoms with Crippen LogP contribution < -0.4 is 16.2 Å². The van der Waals surface area contributed by atoms with Crippen LogP contribution in [0.25, 0.3) is 0 Å². The maximum Gasteiger partial charge on any atom is 0.238 e. The zero-order valence-corrected chi connectivity index (χ0v) is 11.6. The molecule has 0 aliphatic rings. The number of amides is 1. The first-order valence-electron chi connectivity index (χ1n) is 5.99. The van der Waals surface area contributed by atoms with E-state index >= 15 is 0 Å². The molecule has 0 fully saturated rings. The molecule has 0 aliphatic carbocycles. The molecule has 0 saturated carbocycles. The molecule has 0 heterocycles. The molecule has 1 atom stereocenters. The van der Waals surface area contributed by atoms with E-state index in [-0.39, 0.29) is 10.8 Å². The quantitative estimate of drug-likeness (QED) is 0.686. The van der Waals surface area contributed by atoms with Crippen molar-refractivity contribution in [2.45, 2.75) is 37.2 Å². The van der Waals surface area contributed by atoms with E-state index in [1.54, 1.807) is 12.1 Å². The van der Waals surface area contributed by atoms with Crippen LogP contribution in [0.1, 0.15) is 25.3 Å². The fraction of sp³-hybridized carbons (Fsp3) is 0.417. The molecule has 19 heavy (non-hydrogen) atoms. The summed E-state index contributed by atoms with van der Waals surface area (Å²) in [6.07, 6.45) is 1.48. The van der Waals surface area contributed by atoms with Crippen molar-refractivity contribution in [3.63, 3.8) is 0 Å². The normalized spacial score (nSPS) is 13.0. The third-order valence-electron chi connectivity index (χ3n) is 2.66. The van der Waals surface area contributed by atoms with E-state index in [4.69, 9.17) is 10.9 Å². The zero-order chi connectivity index (χ0) is 14.5. The van der Waals surface area contributed by atoms with Crippen LogP contribution in [0.3, 0.4) is 0 Å². The number of nitrogens with one attached hydrogen (secondary N) is 1. The highest BCUT2D eigenvalue weighted by molar-refractivity contribution is 7.89. The van der Waals surface area contributed by atoms with E-state index < -0.39 is 16.1 Å². The second kappa shape index (κ2) is 6.65. The maximum atomic E-state index is 11.6. The van der Waals surface area contributed by atoms with Gasteiger partial charge in [0.05, 0.1) is 10.9 Å². The summed E-state index contributed by atoms with van der Waals surface area (Å²) >= 11 is 0. The molecule has 1 aromatic rings. The van der Waals surface area contributed by atoms with Gasteiger partial charge in [0.15, 0.2) is 0 Å². The summed E-state index contributed by atoms with van der Waals surface area (Å²) < 4.78 is 22.1. The zero-order valence-electron chi connectivity index (χ0n) is 10.8. The highest BCUT2D eigenvalue weighted by atomic mass is 32.2. The van der Waals surface area contributed by atoms with Crippen LogP contribution in [-0.2, 0) is 21.4 Å². The van der Waals surface area contributed by atoms with E-state index in [0.717, 1.165) is 12.0 Å². The van der Waals surface area contributed by atoms with Crippen LogP contribution >= 0.6 is 0 Å². The molecule has 1 rings (SSSR count). The van der Waals surface area contributed by atoms with Gasteiger partial charge < -0.3 is 11.1 Å². The first kappa shape index (κ1) is 15.6. The fourth-order valence-electron chi connectivity index (χ4n) is 1.56. The number of carbonyl (C=O) groups is 1. The van der Waals surface area contributed by atoms with E-state index in [2.05, 4.69) is 5.32 Å². The minimum absolute atomic E-state index is 0.0465. The van der Waals surface area contributed by atoms with Crippen molar-refractivity contribution in [3.8, 4) is 0 Å². The smallest absolute Gasteiger partial charge is 0.238 e. The molecule has 5 N–H and O–H groups in total. The number of hydrogen-bond acceptors (Lipinski definition) is 4. The first-order valence-corrected chi connectivity index (χ1v) is 7.54. The molecule has 106 valence electrons. The van der Waals surface area contributed by atoms with Crippen LogP contribution in [0.15, 0.2) is 29.2 Å². The van der Waals surface area contributed by atoms with Gasteiger partial charge in [-0.05, 0) is 24.1 Å². The monoisotopic (exact) mass is 285 g/mol. The Hall–Kier alpha value is -1.44. The number of benzene rings is 1. The molecule has 1 amide bonds. The standard InChI is InChI=1S/C12H19N3O3S/c1-2-3-11(13)12(16)15-8-9-4-6-10(7-5-9)19(14,17)18/h4-7,11H,2-3,8,13H2,1H3,(H,15,16)(H2,14,17,18)/t11-/m0/s1. The second-order valence-corrected chi connectivity index (χ2v) is 5.86. The van der Waals surface area contributed by atoms with Gasteiger partial charge in [0.25, 0.3) is 0 Å². The van der Waals surface area contributed by atoms with Gasteiger partial charge >= 0.3 is 0 Å². The molecule has 0 saturated heterocycles. The molecule has 7 heteroatoms. The highest BCUT2D eigenvalue weighted by Crippen LogP contribution is 2.08. The Morgan fingerprint density at radius 1 is 1.32 bits per heavy atom. The molecular weight excluding hydrogens is 266 g/mol. The van der Waals surface area contributed by atoms with Crippen molar-refractivity contribution in [1.82, 2.24) is 5.32 Å². The van der Waals surface area contributed by atoms with Gasteiger partial charge in [-0.1, -0.05) is 25.5 Å². The van der Waals surface area contributed by atoms with E-state index in [1.807, 2.05) is 6.92 Å². The third-order valence-corrected chi connectivity index (χ3v) is 3.58. The SMILES string of the molecule is CCC[C@H](N)C(=O)NCc1ccc(S(N)(=O)=O)cc1. The van der Waals surface area contributed by atoms with Crippen LogP contribution in [0.4, 0.5) is 0 Å². The Morgan fingerprint density at radius 3 is 2.37 bits per heavy atom. The van der Waals surface area contributed by atoms with Crippen LogP contribution in [0.2, 0.25) is 0 Å². The predicted octanol–water partition coefficient (Wildman–Crippen LogP) is 0.0776. The van der Waals surface area contributed by atoms with Crippen molar-refractivity contribution >= 4 is 15.9 Å². The van der Waals surface area contributed by atoms with Gasteiger partial charge in [0, 0.05) is 6.54 Å². The second-order valence-electron chi connectivity index (χ2n) is 4.30. The van der Waals surface area contributed by atoms with E-state index in [1.165, 1.54) is 12.1 Å². The van der Waals surface area contributed by atoms with Gasteiger partial charge in [-0.2, -0.15) is 0 Å². The molecule has 0 aromatic heterocycles. The van der Waals surface area contributed by atoms with Crippen molar-refractivity contribution in [2.24, 2.45) is 10.9 Å². The van der Waals surface area contributed by atoms with Gasteiger partial charge in [0.2, 0.25) is 15.9 Å². The lowest BCUT2D eigenvalue weighted by atomic mass is 10.1. The summed E-state index contributed by atoms with van der Waals surface area (Å²) in [6.45, 7) is 2.26. The van der Waals surface area contributed by atoms with Crippen molar-refractivity contribution in [3.05, 3.63) is 29.8 Å². The lowest BCUT2D eigenvalue weighted by molar-refractivity contribution is -0.122. The molecule has 1 aromatic carbocycles. The van der Waals surface area contributed by atoms with E-state index in [0.29, 0.717) is 13.0 Å². The predicted molar refractivity (Wildman–Crippen MR) is 72.5 cm³/mol. The number of rotatable bonds is 6. The summed E-state index contributed by atoms with van der Waals surface area (Å²) in [5, 5.41) is 7.69. The fourth-order valence-corrected chi connectivity index (χ4v) is 2.07. The number of sulfonamides is 1. The summed E-state index contributed by atoms with van der Waals surface area (Å²) in [6, 6.07) is 5.51. The molecule has 0 bridgehead atoms. The van der Waals surface area contributed by atoms with Gasteiger partial charge in [-0.25, -0.2) is 13.6 Å².